The third kappa shape index (κ3) is 5.81. The molecule has 0 aliphatic carbocycles. The van der Waals surface area contributed by atoms with Gasteiger partial charge in [0.25, 0.3) is 0 Å². The van der Waals surface area contributed by atoms with Crippen molar-refractivity contribution in [3.63, 3.8) is 0 Å². The maximum atomic E-state index is 13.3. The molecule has 3 aromatic rings. The number of alkyl halides is 3. The largest absolute Gasteiger partial charge is 0.491 e. The Hall–Kier alpha value is -3.96. The summed E-state index contributed by atoms with van der Waals surface area (Å²) in [7, 11) is 0. The van der Waals surface area contributed by atoms with Gasteiger partial charge in [-0.15, -0.1) is 0 Å². The van der Waals surface area contributed by atoms with E-state index < -0.39 is 30.0 Å². The Morgan fingerprint density at radius 3 is 2.28 bits per heavy atom. The van der Waals surface area contributed by atoms with E-state index in [0.717, 1.165) is 12.1 Å². The second kappa shape index (κ2) is 10.3. The number of hydrogen-bond donors (Lipinski definition) is 0. The number of carbonyl (C=O) groups is 2. The predicted molar refractivity (Wildman–Crippen MR) is 116 cm³/mol. The number of benzene rings is 2. The second-order valence-corrected chi connectivity index (χ2v) is 8.05. The monoisotopic (exact) mass is 509 g/mol. The molecule has 1 atom stereocenters. The van der Waals surface area contributed by atoms with Gasteiger partial charge in [0.05, 0.1) is 12.7 Å². The van der Waals surface area contributed by atoms with E-state index in [1.807, 2.05) is 0 Å². The van der Waals surface area contributed by atoms with Crippen molar-refractivity contribution < 1.29 is 40.8 Å². The molecule has 1 saturated heterocycles. The van der Waals surface area contributed by atoms with Crippen LogP contribution in [0.3, 0.4) is 0 Å². The van der Waals surface area contributed by atoms with Gasteiger partial charge in [-0.05, 0) is 55.0 Å². The zero-order valence-corrected chi connectivity index (χ0v) is 18.7. The van der Waals surface area contributed by atoms with Crippen LogP contribution in [0.4, 0.5) is 27.6 Å². The van der Waals surface area contributed by atoms with Crippen LogP contribution < -0.4 is 4.90 Å². The lowest BCUT2D eigenvalue weighted by Gasteiger charge is -2.42. The maximum absolute atomic E-state index is 13.3. The summed E-state index contributed by atoms with van der Waals surface area (Å²) in [5, 5.41) is 3.74. The number of carbonyl (C=O) groups excluding carboxylic acids is 2. The smallest absolute Gasteiger partial charge is 0.433 e. The number of amides is 1. The zero-order chi connectivity index (χ0) is 25.9. The van der Waals surface area contributed by atoms with E-state index in [0.29, 0.717) is 22.6 Å². The lowest BCUT2D eigenvalue weighted by atomic mass is 10.0. The number of esters is 1. The number of aromatic nitrogens is 1. The lowest BCUT2D eigenvalue weighted by molar-refractivity contribution is -0.206. The Bertz CT molecular complexity index is 1210. The predicted octanol–water partition coefficient (Wildman–Crippen LogP) is 4.33. The topological polar surface area (TPSA) is 75.9 Å². The molecule has 1 amide bonds. The van der Waals surface area contributed by atoms with Crippen LogP contribution in [0, 0.1) is 11.6 Å². The molecule has 1 aliphatic heterocycles. The summed E-state index contributed by atoms with van der Waals surface area (Å²) in [6, 6.07) is 10.5. The van der Waals surface area contributed by atoms with Gasteiger partial charge in [0.15, 0.2) is 12.0 Å². The minimum absolute atomic E-state index is 0.0219. The van der Waals surface area contributed by atoms with E-state index in [-0.39, 0.29) is 38.4 Å². The summed E-state index contributed by atoms with van der Waals surface area (Å²) in [5.41, 5.74) is 1.51. The summed E-state index contributed by atoms with van der Waals surface area (Å²) in [6.07, 6.45) is -5.02. The Balaban J connectivity index is 1.45. The number of rotatable bonds is 6. The molecule has 2 heterocycles. The molecule has 4 rings (SSSR count). The van der Waals surface area contributed by atoms with Crippen molar-refractivity contribution in [2.75, 3.05) is 24.5 Å². The summed E-state index contributed by atoms with van der Waals surface area (Å²) in [5.74, 6) is -3.35. The number of anilines is 1. The molecule has 7 nitrogen and oxygen atoms in total. The molecule has 0 radical (unpaired) electrons. The minimum Gasteiger partial charge on any atom is -0.433 e. The van der Waals surface area contributed by atoms with E-state index in [4.69, 9.17) is 4.52 Å². The molecule has 1 aliphatic rings. The van der Waals surface area contributed by atoms with Crippen LogP contribution in [0.15, 0.2) is 59.3 Å². The zero-order valence-electron chi connectivity index (χ0n) is 18.7. The number of aryl methyl sites for hydroxylation is 1. The average Bonchev–Trinajstić information content (AvgIpc) is 3.31. The summed E-state index contributed by atoms with van der Waals surface area (Å²) >= 11 is 0. The van der Waals surface area contributed by atoms with E-state index in [1.165, 1.54) is 52.4 Å². The Morgan fingerprint density at radius 2 is 1.64 bits per heavy atom. The second-order valence-electron chi connectivity index (χ2n) is 8.05. The van der Waals surface area contributed by atoms with E-state index in [2.05, 4.69) is 9.89 Å². The molecular weight excluding hydrogens is 489 g/mol. The normalized spacial score (nSPS) is 16.2. The van der Waals surface area contributed by atoms with Gasteiger partial charge >= 0.3 is 12.1 Å². The summed E-state index contributed by atoms with van der Waals surface area (Å²) in [6.45, 7) is -0.113. The van der Waals surface area contributed by atoms with Crippen molar-refractivity contribution >= 4 is 17.6 Å². The van der Waals surface area contributed by atoms with Gasteiger partial charge in [0, 0.05) is 36.3 Å². The third-order valence-corrected chi connectivity index (χ3v) is 5.68. The van der Waals surface area contributed by atoms with Crippen molar-refractivity contribution in [2.24, 2.45) is 0 Å². The Kier molecular flexibility index (Phi) is 7.22. The van der Waals surface area contributed by atoms with Crippen LogP contribution >= 0.6 is 0 Å². The van der Waals surface area contributed by atoms with Gasteiger partial charge in [-0.2, -0.15) is 13.2 Å². The highest BCUT2D eigenvalue weighted by atomic mass is 19.4. The standard InChI is InChI=1S/C24H20F5N3O4/c25-17-4-1-15(2-5-17)22-16(13-30-36-22)3-10-20(33)31-11-12-32(19-8-6-18(26)7-9-19)21(14-31)35-23(34)24(27,28)29/h1-2,4-9,13,21H,3,10-12,14H2. The molecule has 1 fully saturated rings. The van der Waals surface area contributed by atoms with Crippen molar-refractivity contribution in [3.8, 4) is 11.3 Å². The quantitative estimate of drug-likeness (QED) is 0.364. The number of piperazine rings is 1. The molecule has 36 heavy (non-hydrogen) atoms. The highest BCUT2D eigenvalue weighted by molar-refractivity contribution is 5.78. The molecule has 0 spiro atoms. The first-order valence-corrected chi connectivity index (χ1v) is 10.9. The average molecular weight is 509 g/mol. The molecule has 1 aromatic heterocycles. The first-order chi connectivity index (χ1) is 17.1. The van der Waals surface area contributed by atoms with Crippen LogP contribution in [-0.2, 0) is 20.7 Å². The Labute approximate surface area is 202 Å². The van der Waals surface area contributed by atoms with Crippen LogP contribution in [0.2, 0.25) is 0 Å². The van der Waals surface area contributed by atoms with Gasteiger partial charge in [-0.25, -0.2) is 13.6 Å². The maximum Gasteiger partial charge on any atom is 0.491 e. The molecule has 0 bridgehead atoms. The van der Waals surface area contributed by atoms with E-state index in [1.54, 1.807) is 0 Å². The number of halogens is 5. The Morgan fingerprint density at radius 1 is 1.00 bits per heavy atom. The van der Waals surface area contributed by atoms with Gasteiger partial charge in [-0.1, -0.05) is 5.16 Å². The fourth-order valence-corrected chi connectivity index (χ4v) is 3.87. The minimum atomic E-state index is -5.22. The van der Waals surface area contributed by atoms with Gasteiger partial charge in [0.1, 0.15) is 11.6 Å². The van der Waals surface area contributed by atoms with Crippen molar-refractivity contribution in [1.29, 1.82) is 0 Å². The molecule has 190 valence electrons. The van der Waals surface area contributed by atoms with Gasteiger partial charge in [0.2, 0.25) is 5.91 Å². The van der Waals surface area contributed by atoms with Crippen LogP contribution in [0.5, 0.6) is 0 Å². The molecule has 0 N–H and O–H groups in total. The summed E-state index contributed by atoms with van der Waals surface area (Å²) < 4.78 is 75.0. The molecule has 1 unspecified atom stereocenters. The molecular formula is C24H20F5N3O4. The molecule has 2 aromatic carbocycles. The SMILES string of the molecule is O=C(CCc1cnoc1-c1ccc(F)cc1)N1CCN(c2ccc(F)cc2)C(OC(=O)C(F)(F)F)C1. The number of hydrogen-bond acceptors (Lipinski definition) is 6. The first kappa shape index (κ1) is 25.1. The summed E-state index contributed by atoms with van der Waals surface area (Å²) in [4.78, 5) is 27.1. The lowest BCUT2D eigenvalue weighted by Crippen LogP contribution is -2.57. The van der Waals surface area contributed by atoms with Crippen molar-refractivity contribution in [2.45, 2.75) is 25.2 Å². The first-order valence-electron chi connectivity index (χ1n) is 10.9. The molecule has 12 heteroatoms. The molecule has 0 saturated carbocycles. The highest BCUT2D eigenvalue weighted by Crippen LogP contribution is 2.27. The van der Waals surface area contributed by atoms with Crippen LogP contribution in [0.25, 0.3) is 11.3 Å². The third-order valence-electron chi connectivity index (χ3n) is 5.68. The van der Waals surface area contributed by atoms with E-state index >= 15 is 0 Å². The van der Waals surface area contributed by atoms with Crippen LogP contribution in [0.1, 0.15) is 12.0 Å². The van der Waals surface area contributed by atoms with Crippen molar-refractivity contribution in [3.05, 3.63) is 71.9 Å². The van der Waals surface area contributed by atoms with Gasteiger partial charge in [-0.3, -0.25) is 4.79 Å². The van der Waals surface area contributed by atoms with Crippen LogP contribution in [-0.4, -0.2) is 54.0 Å². The fourth-order valence-electron chi connectivity index (χ4n) is 3.87. The van der Waals surface area contributed by atoms with Gasteiger partial charge < -0.3 is 19.1 Å². The number of nitrogens with zero attached hydrogens (tertiary/aromatic N) is 3. The number of ether oxygens (including phenoxy) is 1. The fraction of sp³-hybridized carbons (Fsp3) is 0.292. The highest BCUT2D eigenvalue weighted by Gasteiger charge is 2.44. The van der Waals surface area contributed by atoms with Crippen molar-refractivity contribution in [1.82, 2.24) is 10.1 Å². The van der Waals surface area contributed by atoms with E-state index in [9.17, 15) is 31.5 Å².